The predicted octanol–water partition coefficient (Wildman–Crippen LogP) is 2.47. The normalized spacial score (nSPS) is 21.6. The maximum Gasteiger partial charge on any atom is 0.338 e. The van der Waals surface area contributed by atoms with Crippen LogP contribution in [-0.4, -0.2) is 23.5 Å². The lowest BCUT2D eigenvalue weighted by Gasteiger charge is -2.09. The van der Waals surface area contributed by atoms with Gasteiger partial charge in [0.05, 0.1) is 17.9 Å². The Morgan fingerprint density at radius 1 is 1.41 bits per heavy atom. The Morgan fingerprint density at radius 3 is 2.82 bits per heavy atom. The van der Waals surface area contributed by atoms with Crippen LogP contribution in [-0.2, 0) is 4.74 Å². The largest absolute Gasteiger partial charge is 0.462 e. The molecule has 4 heteroatoms. The van der Waals surface area contributed by atoms with Gasteiger partial charge in [0.25, 0.3) is 0 Å². The Kier molecular flexibility index (Phi) is 3.75. The number of oxime groups is 1. The third kappa shape index (κ3) is 3.06. The molecular weight excluding hydrogens is 218 g/mol. The van der Waals surface area contributed by atoms with Gasteiger partial charge in [0.1, 0.15) is 0 Å². The van der Waals surface area contributed by atoms with Crippen molar-refractivity contribution in [3.63, 3.8) is 0 Å². The fourth-order valence-electron chi connectivity index (χ4n) is 1.99. The van der Waals surface area contributed by atoms with E-state index in [1.54, 1.807) is 12.1 Å². The van der Waals surface area contributed by atoms with E-state index in [-0.39, 0.29) is 11.9 Å². The lowest BCUT2D eigenvalue weighted by molar-refractivity contribution is 0.0445. The van der Waals surface area contributed by atoms with E-state index >= 15 is 0 Å². The molecule has 0 radical (unpaired) electrons. The molecule has 1 aromatic carbocycles. The number of carbonyl (C=O) groups excluding carboxylic acids is 1. The van der Waals surface area contributed by atoms with Crippen molar-refractivity contribution in [1.82, 2.24) is 0 Å². The van der Waals surface area contributed by atoms with Crippen molar-refractivity contribution in [2.45, 2.75) is 19.3 Å². The van der Waals surface area contributed by atoms with Crippen molar-refractivity contribution in [2.75, 3.05) is 6.61 Å². The Morgan fingerprint density at radius 2 is 2.18 bits per heavy atom. The SMILES string of the molecule is O=C(OC[C@@H]1CC/C(=N\O)C1)c1ccccc1. The van der Waals surface area contributed by atoms with Crippen molar-refractivity contribution in [1.29, 1.82) is 0 Å². The molecule has 0 aromatic heterocycles. The summed E-state index contributed by atoms with van der Waals surface area (Å²) in [4.78, 5) is 11.7. The van der Waals surface area contributed by atoms with Crippen molar-refractivity contribution >= 4 is 11.7 Å². The van der Waals surface area contributed by atoms with Gasteiger partial charge in [-0.3, -0.25) is 0 Å². The summed E-state index contributed by atoms with van der Waals surface area (Å²) < 4.78 is 5.23. The second-order valence-corrected chi connectivity index (χ2v) is 4.24. The van der Waals surface area contributed by atoms with Crippen LogP contribution in [0.4, 0.5) is 0 Å². The van der Waals surface area contributed by atoms with Crippen LogP contribution in [0.2, 0.25) is 0 Å². The summed E-state index contributed by atoms with van der Waals surface area (Å²) in [7, 11) is 0. The molecule has 0 aliphatic heterocycles. The number of hydrogen-bond acceptors (Lipinski definition) is 4. The molecule has 0 spiro atoms. The molecule has 1 atom stereocenters. The summed E-state index contributed by atoms with van der Waals surface area (Å²) in [5.41, 5.74) is 1.37. The first-order valence-electron chi connectivity index (χ1n) is 5.71. The summed E-state index contributed by atoms with van der Waals surface area (Å²) >= 11 is 0. The highest BCUT2D eigenvalue weighted by atomic mass is 16.5. The number of rotatable bonds is 3. The first-order chi connectivity index (χ1) is 8.29. The standard InChI is InChI=1S/C13H15NO3/c15-13(11-4-2-1-3-5-11)17-9-10-6-7-12(8-10)14-16/h1-5,10,16H,6-9H2/b14-12+/t10-/m1/s1. The Labute approximate surface area is 99.9 Å². The van der Waals surface area contributed by atoms with Crippen molar-refractivity contribution in [3.8, 4) is 0 Å². The average Bonchev–Trinajstić information content (AvgIpc) is 2.85. The number of ether oxygens (including phenoxy) is 1. The van der Waals surface area contributed by atoms with Crippen LogP contribution in [0.3, 0.4) is 0 Å². The van der Waals surface area contributed by atoms with E-state index < -0.39 is 0 Å². The first-order valence-corrected chi connectivity index (χ1v) is 5.71. The summed E-state index contributed by atoms with van der Waals surface area (Å²) in [6.07, 6.45) is 2.43. The molecule has 1 aliphatic carbocycles. The van der Waals surface area contributed by atoms with Crippen LogP contribution < -0.4 is 0 Å². The number of hydrogen-bond donors (Lipinski definition) is 1. The predicted molar refractivity (Wildman–Crippen MR) is 63.3 cm³/mol. The lowest BCUT2D eigenvalue weighted by atomic mass is 10.1. The highest BCUT2D eigenvalue weighted by Gasteiger charge is 2.22. The maximum absolute atomic E-state index is 11.7. The van der Waals surface area contributed by atoms with Gasteiger partial charge in [0.15, 0.2) is 0 Å². The topological polar surface area (TPSA) is 58.9 Å². The monoisotopic (exact) mass is 233 g/mol. The molecule has 1 N–H and O–H groups in total. The molecule has 0 amide bonds. The van der Waals surface area contributed by atoms with E-state index in [4.69, 9.17) is 9.94 Å². The first kappa shape index (κ1) is 11.6. The summed E-state index contributed by atoms with van der Waals surface area (Å²) in [6, 6.07) is 8.94. The third-order valence-electron chi connectivity index (χ3n) is 2.97. The van der Waals surface area contributed by atoms with E-state index in [2.05, 4.69) is 5.16 Å². The van der Waals surface area contributed by atoms with Gasteiger partial charge in [-0.1, -0.05) is 23.4 Å². The second-order valence-electron chi connectivity index (χ2n) is 4.24. The molecule has 0 heterocycles. The van der Waals surface area contributed by atoms with Crippen LogP contribution >= 0.6 is 0 Å². The van der Waals surface area contributed by atoms with Gasteiger partial charge in [-0.05, 0) is 37.3 Å². The smallest absolute Gasteiger partial charge is 0.338 e. The van der Waals surface area contributed by atoms with E-state index in [9.17, 15) is 4.79 Å². The van der Waals surface area contributed by atoms with Gasteiger partial charge in [-0.15, -0.1) is 0 Å². The molecule has 0 saturated heterocycles. The summed E-state index contributed by atoms with van der Waals surface area (Å²) in [6.45, 7) is 0.396. The zero-order chi connectivity index (χ0) is 12.1. The number of esters is 1. The molecule has 1 fully saturated rings. The lowest BCUT2D eigenvalue weighted by Crippen LogP contribution is -2.12. The Balaban J connectivity index is 1.81. The zero-order valence-corrected chi connectivity index (χ0v) is 9.50. The quantitative estimate of drug-likeness (QED) is 0.495. The minimum atomic E-state index is -0.292. The van der Waals surface area contributed by atoms with Gasteiger partial charge in [-0.25, -0.2) is 4.79 Å². The van der Waals surface area contributed by atoms with Gasteiger partial charge in [0, 0.05) is 0 Å². The van der Waals surface area contributed by atoms with Gasteiger partial charge >= 0.3 is 5.97 Å². The third-order valence-corrected chi connectivity index (χ3v) is 2.97. The molecule has 1 aromatic rings. The van der Waals surface area contributed by atoms with Crippen LogP contribution in [0.25, 0.3) is 0 Å². The molecule has 1 saturated carbocycles. The number of carbonyl (C=O) groups is 1. The Hall–Kier alpha value is -1.84. The highest BCUT2D eigenvalue weighted by molar-refractivity contribution is 5.89. The molecule has 0 bridgehead atoms. The van der Waals surface area contributed by atoms with Crippen molar-refractivity contribution < 1.29 is 14.7 Å². The second kappa shape index (κ2) is 5.48. The van der Waals surface area contributed by atoms with Crippen molar-refractivity contribution in [3.05, 3.63) is 35.9 Å². The molecule has 90 valence electrons. The fourth-order valence-corrected chi connectivity index (χ4v) is 1.99. The minimum absolute atomic E-state index is 0.286. The van der Waals surface area contributed by atoms with E-state index in [1.165, 1.54) is 0 Å². The summed E-state index contributed by atoms with van der Waals surface area (Å²) in [5, 5.41) is 11.8. The van der Waals surface area contributed by atoms with E-state index in [0.717, 1.165) is 25.0 Å². The van der Waals surface area contributed by atoms with Crippen LogP contribution in [0, 0.1) is 5.92 Å². The molecule has 17 heavy (non-hydrogen) atoms. The summed E-state index contributed by atoms with van der Waals surface area (Å²) in [5.74, 6) is -0.00597. The van der Waals surface area contributed by atoms with Crippen molar-refractivity contribution in [2.24, 2.45) is 11.1 Å². The van der Waals surface area contributed by atoms with Crippen LogP contribution in [0.15, 0.2) is 35.5 Å². The number of nitrogens with zero attached hydrogens (tertiary/aromatic N) is 1. The van der Waals surface area contributed by atoms with Gasteiger partial charge in [-0.2, -0.15) is 0 Å². The highest BCUT2D eigenvalue weighted by Crippen LogP contribution is 2.23. The number of benzene rings is 1. The van der Waals surface area contributed by atoms with Gasteiger partial charge in [0.2, 0.25) is 0 Å². The van der Waals surface area contributed by atoms with Crippen LogP contribution in [0.5, 0.6) is 0 Å². The van der Waals surface area contributed by atoms with Crippen LogP contribution in [0.1, 0.15) is 29.6 Å². The molecule has 4 nitrogen and oxygen atoms in total. The van der Waals surface area contributed by atoms with Gasteiger partial charge < -0.3 is 9.94 Å². The average molecular weight is 233 g/mol. The van der Waals surface area contributed by atoms with E-state index in [0.29, 0.717) is 12.2 Å². The van der Waals surface area contributed by atoms with E-state index in [1.807, 2.05) is 18.2 Å². The molecular formula is C13H15NO3. The molecule has 1 aliphatic rings. The zero-order valence-electron chi connectivity index (χ0n) is 9.50. The minimum Gasteiger partial charge on any atom is -0.462 e. The maximum atomic E-state index is 11.7. The molecule has 2 rings (SSSR count). The molecule has 0 unspecified atom stereocenters. The fraction of sp³-hybridized carbons (Fsp3) is 0.385. The Bertz CT molecular complexity index is 414.